The van der Waals surface area contributed by atoms with Gasteiger partial charge in [0.25, 0.3) is 5.91 Å². The highest BCUT2D eigenvalue weighted by molar-refractivity contribution is 9.10. The molecule has 6 heteroatoms. The van der Waals surface area contributed by atoms with Crippen LogP contribution in [0.5, 0.6) is 0 Å². The van der Waals surface area contributed by atoms with Crippen LogP contribution in [0.25, 0.3) is 0 Å². The predicted octanol–water partition coefficient (Wildman–Crippen LogP) is 1.98. The first-order valence-corrected chi connectivity index (χ1v) is 6.44. The minimum atomic E-state index is -0.101. The fraction of sp³-hybridized carbons (Fsp3) is 0.364. The molecule has 0 bridgehead atoms. The minimum Gasteiger partial charge on any atom is -0.393 e. The Morgan fingerprint density at radius 3 is 2.76 bits per heavy atom. The van der Waals surface area contributed by atoms with Crippen LogP contribution in [0.3, 0.4) is 0 Å². The Bertz CT molecular complexity index is 408. The number of nitrogens with zero attached hydrogens (tertiary/aromatic N) is 2. The summed E-state index contributed by atoms with van der Waals surface area (Å²) in [6, 6.07) is 3.48. The Hall–Kier alpha value is -1.01. The van der Waals surface area contributed by atoms with Gasteiger partial charge in [0.1, 0.15) is 5.69 Å². The summed E-state index contributed by atoms with van der Waals surface area (Å²) in [5.41, 5.74) is 5.85. The topological polar surface area (TPSA) is 59.2 Å². The van der Waals surface area contributed by atoms with Gasteiger partial charge in [-0.2, -0.15) is 0 Å². The number of thiocarbonyl (C=S) groups is 1. The van der Waals surface area contributed by atoms with Gasteiger partial charge >= 0.3 is 0 Å². The Balaban J connectivity index is 2.71. The van der Waals surface area contributed by atoms with Crippen molar-refractivity contribution in [1.82, 2.24) is 9.88 Å². The number of aromatic nitrogens is 1. The number of halogens is 1. The van der Waals surface area contributed by atoms with Crippen LogP contribution >= 0.6 is 28.1 Å². The standard InChI is InChI=1S/C11H14BrN3OS/c1-2-15(6-5-10(13)17)11(16)9-4-3-8(12)7-14-9/h3-4,7H,2,5-6H2,1H3,(H2,13,17). The molecule has 0 aliphatic rings. The van der Waals surface area contributed by atoms with Gasteiger partial charge < -0.3 is 10.6 Å². The third kappa shape index (κ3) is 4.40. The highest BCUT2D eigenvalue weighted by Crippen LogP contribution is 2.09. The van der Waals surface area contributed by atoms with Crippen LogP contribution in [0.4, 0.5) is 0 Å². The van der Waals surface area contributed by atoms with E-state index in [4.69, 9.17) is 18.0 Å². The molecule has 1 heterocycles. The second-order valence-corrected chi connectivity index (χ2v) is 4.90. The molecule has 0 saturated heterocycles. The van der Waals surface area contributed by atoms with E-state index in [0.29, 0.717) is 30.2 Å². The lowest BCUT2D eigenvalue weighted by Gasteiger charge is -2.20. The molecule has 0 spiro atoms. The van der Waals surface area contributed by atoms with E-state index < -0.39 is 0 Å². The average molecular weight is 316 g/mol. The van der Waals surface area contributed by atoms with E-state index in [1.54, 1.807) is 23.2 Å². The Kier molecular flexibility index (Phi) is 5.50. The summed E-state index contributed by atoms with van der Waals surface area (Å²) in [4.78, 5) is 18.2. The summed E-state index contributed by atoms with van der Waals surface area (Å²) in [5, 5.41) is 0. The Morgan fingerprint density at radius 1 is 1.59 bits per heavy atom. The maximum absolute atomic E-state index is 12.1. The summed E-state index contributed by atoms with van der Waals surface area (Å²) in [6.07, 6.45) is 2.14. The number of hydrogen-bond donors (Lipinski definition) is 1. The Morgan fingerprint density at radius 2 is 2.29 bits per heavy atom. The van der Waals surface area contributed by atoms with E-state index in [1.807, 2.05) is 6.92 Å². The van der Waals surface area contributed by atoms with Crippen molar-refractivity contribution >= 4 is 39.0 Å². The monoisotopic (exact) mass is 315 g/mol. The maximum Gasteiger partial charge on any atom is 0.272 e. The van der Waals surface area contributed by atoms with Crippen LogP contribution in [0.2, 0.25) is 0 Å². The molecule has 92 valence electrons. The SMILES string of the molecule is CCN(CCC(N)=S)C(=O)c1ccc(Br)cn1. The van der Waals surface area contributed by atoms with Crippen LogP contribution in [0.15, 0.2) is 22.8 Å². The number of hydrogen-bond acceptors (Lipinski definition) is 3. The molecular formula is C11H14BrN3OS. The largest absolute Gasteiger partial charge is 0.393 e. The molecule has 1 amide bonds. The molecule has 1 aromatic heterocycles. The molecule has 0 radical (unpaired) electrons. The molecule has 17 heavy (non-hydrogen) atoms. The van der Waals surface area contributed by atoms with Crippen LogP contribution in [0.1, 0.15) is 23.8 Å². The normalized spacial score (nSPS) is 10.0. The van der Waals surface area contributed by atoms with E-state index in [9.17, 15) is 4.79 Å². The minimum absolute atomic E-state index is 0.101. The van der Waals surface area contributed by atoms with Crippen LogP contribution < -0.4 is 5.73 Å². The third-order valence-corrected chi connectivity index (χ3v) is 2.92. The van der Waals surface area contributed by atoms with Crippen molar-refractivity contribution in [3.05, 3.63) is 28.5 Å². The molecule has 0 fully saturated rings. The number of amides is 1. The molecule has 0 aliphatic carbocycles. The zero-order valence-electron chi connectivity index (χ0n) is 9.52. The summed E-state index contributed by atoms with van der Waals surface area (Å²) in [5.74, 6) is -0.101. The van der Waals surface area contributed by atoms with E-state index in [0.717, 1.165) is 4.47 Å². The van der Waals surface area contributed by atoms with Gasteiger partial charge in [-0.3, -0.25) is 4.79 Å². The molecule has 0 atom stereocenters. The Labute approximate surface area is 114 Å². The van der Waals surface area contributed by atoms with Gasteiger partial charge in [0.15, 0.2) is 0 Å². The quantitative estimate of drug-likeness (QED) is 0.844. The number of carbonyl (C=O) groups is 1. The molecule has 1 rings (SSSR count). The van der Waals surface area contributed by atoms with E-state index in [-0.39, 0.29) is 5.91 Å². The van der Waals surface area contributed by atoms with Crippen molar-refractivity contribution in [1.29, 1.82) is 0 Å². The second kappa shape index (κ2) is 6.66. The van der Waals surface area contributed by atoms with Gasteiger partial charge in [-0.05, 0) is 35.0 Å². The lowest BCUT2D eigenvalue weighted by Crippen LogP contribution is -2.34. The fourth-order valence-corrected chi connectivity index (χ4v) is 1.64. The number of rotatable bonds is 5. The zero-order valence-corrected chi connectivity index (χ0v) is 11.9. The van der Waals surface area contributed by atoms with Gasteiger partial charge in [-0.25, -0.2) is 4.98 Å². The average Bonchev–Trinajstić information content (AvgIpc) is 2.30. The van der Waals surface area contributed by atoms with Gasteiger partial charge in [-0.15, -0.1) is 0 Å². The molecule has 1 aromatic rings. The van der Waals surface area contributed by atoms with E-state index >= 15 is 0 Å². The van der Waals surface area contributed by atoms with Crippen molar-refractivity contribution in [3.8, 4) is 0 Å². The first-order chi connectivity index (χ1) is 8.04. The smallest absolute Gasteiger partial charge is 0.272 e. The van der Waals surface area contributed by atoms with Crippen molar-refractivity contribution in [2.75, 3.05) is 13.1 Å². The third-order valence-electron chi connectivity index (χ3n) is 2.24. The predicted molar refractivity (Wildman–Crippen MR) is 74.9 cm³/mol. The fourth-order valence-electron chi connectivity index (χ4n) is 1.31. The van der Waals surface area contributed by atoms with Gasteiger partial charge in [0.2, 0.25) is 0 Å². The number of nitrogens with two attached hydrogens (primary N) is 1. The first kappa shape index (κ1) is 14.1. The summed E-state index contributed by atoms with van der Waals surface area (Å²) in [7, 11) is 0. The lowest BCUT2D eigenvalue weighted by molar-refractivity contribution is 0.0763. The number of carbonyl (C=O) groups excluding carboxylic acids is 1. The molecule has 0 saturated carbocycles. The molecular weight excluding hydrogens is 302 g/mol. The van der Waals surface area contributed by atoms with Gasteiger partial charge in [0.05, 0.1) is 4.99 Å². The van der Waals surface area contributed by atoms with E-state index in [1.165, 1.54) is 0 Å². The van der Waals surface area contributed by atoms with Gasteiger partial charge in [0, 0.05) is 30.2 Å². The van der Waals surface area contributed by atoms with Gasteiger partial charge in [-0.1, -0.05) is 12.2 Å². The first-order valence-electron chi connectivity index (χ1n) is 5.23. The molecule has 0 aliphatic heterocycles. The summed E-state index contributed by atoms with van der Waals surface area (Å²) in [6.45, 7) is 3.05. The highest BCUT2D eigenvalue weighted by atomic mass is 79.9. The maximum atomic E-state index is 12.1. The zero-order chi connectivity index (χ0) is 12.8. The highest BCUT2D eigenvalue weighted by Gasteiger charge is 2.15. The summed E-state index contributed by atoms with van der Waals surface area (Å²) < 4.78 is 0.847. The molecule has 0 aromatic carbocycles. The molecule has 4 nitrogen and oxygen atoms in total. The van der Waals surface area contributed by atoms with E-state index in [2.05, 4.69) is 20.9 Å². The van der Waals surface area contributed by atoms with Crippen molar-refractivity contribution in [3.63, 3.8) is 0 Å². The van der Waals surface area contributed by atoms with Crippen LogP contribution in [-0.4, -0.2) is 33.9 Å². The van der Waals surface area contributed by atoms with Crippen LogP contribution in [0, 0.1) is 0 Å². The van der Waals surface area contributed by atoms with Crippen molar-refractivity contribution < 1.29 is 4.79 Å². The number of pyridine rings is 1. The van der Waals surface area contributed by atoms with Crippen LogP contribution in [-0.2, 0) is 0 Å². The molecule has 0 unspecified atom stereocenters. The van der Waals surface area contributed by atoms with Crippen molar-refractivity contribution in [2.45, 2.75) is 13.3 Å². The summed E-state index contributed by atoms with van der Waals surface area (Å²) >= 11 is 8.08. The van der Waals surface area contributed by atoms with Crippen molar-refractivity contribution in [2.24, 2.45) is 5.73 Å². The second-order valence-electron chi connectivity index (χ2n) is 3.46. The lowest BCUT2D eigenvalue weighted by atomic mass is 10.3. The molecule has 2 N–H and O–H groups in total.